The second-order valence-electron chi connectivity index (χ2n) is 4.30. The molecule has 14 heavy (non-hydrogen) atoms. The lowest BCUT2D eigenvalue weighted by atomic mass is 9.85. The third-order valence-corrected chi connectivity index (χ3v) is 3.70. The van der Waals surface area contributed by atoms with Crippen LogP contribution in [0.1, 0.15) is 30.7 Å². The first-order valence-corrected chi connectivity index (χ1v) is 5.58. The summed E-state index contributed by atoms with van der Waals surface area (Å²) >= 11 is 5.77. The number of rotatable bonds is 1. The zero-order valence-electron chi connectivity index (χ0n) is 7.91. The van der Waals surface area contributed by atoms with Crippen LogP contribution in [0, 0.1) is 0 Å². The summed E-state index contributed by atoms with van der Waals surface area (Å²) in [5.74, 6) is 0.665. The Bertz CT molecular complexity index is 336. The molecule has 74 valence electrons. The minimum Gasteiger partial charge on any atom is -0.311 e. The maximum Gasteiger partial charge on any atom is 0.129 e. The van der Waals surface area contributed by atoms with Crippen LogP contribution in [0.2, 0.25) is 5.15 Å². The molecule has 3 heterocycles. The van der Waals surface area contributed by atoms with Gasteiger partial charge in [-0.15, -0.1) is 0 Å². The van der Waals surface area contributed by atoms with Crippen molar-refractivity contribution >= 4 is 11.6 Å². The van der Waals surface area contributed by atoms with Gasteiger partial charge in [-0.25, -0.2) is 4.98 Å². The molecule has 2 aliphatic heterocycles. The minimum atomic E-state index is 0.588. The van der Waals surface area contributed by atoms with Gasteiger partial charge >= 0.3 is 0 Å². The zero-order valence-corrected chi connectivity index (χ0v) is 8.67. The van der Waals surface area contributed by atoms with Crippen molar-refractivity contribution in [1.29, 1.82) is 0 Å². The standard InChI is InChI=1S/C11H13ClN2/c12-11-4-1-7(6-13-11)9-5-8-2-3-10(9)14-8/h1,4,6,8-10,14H,2-3,5H2/t8?,9-,10-/m0/s1. The van der Waals surface area contributed by atoms with E-state index in [-0.39, 0.29) is 0 Å². The molecule has 2 nitrogen and oxygen atoms in total. The highest BCUT2D eigenvalue weighted by molar-refractivity contribution is 6.29. The maximum absolute atomic E-state index is 5.77. The fourth-order valence-corrected chi connectivity index (χ4v) is 2.91. The van der Waals surface area contributed by atoms with Crippen molar-refractivity contribution in [3.8, 4) is 0 Å². The number of hydrogen-bond acceptors (Lipinski definition) is 2. The molecule has 3 heteroatoms. The summed E-state index contributed by atoms with van der Waals surface area (Å²) in [6.07, 6.45) is 5.86. The Labute approximate surface area is 88.7 Å². The summed E-state index contributed by atoms with van der Waals surface area (Å²) in [5.41, 5.74) is 1.34. The van der Waals surface area contributed by atoms with Crippen LogP contribution in [0.4, 0.5) is 0 Å². The Hall–Kier alpha value is -0.600. The molecular weight excluding hydrogens is 196 g/mol. The Morgan fingerprint density at radius 3 is 2.86 bits per heavy atom. The second kappa shape index (κ2) is 3.21. The Kier molecular flexibility index (Phi) is 1.99. The van der Waals surface area contributed by atoms with Crippen LogP contribution in [0.15, 0.2) is 18.3 Å². The fraction of sp³-hybridized carbons (Fsp3) is 0.545. The van der Waals surface area contributed by atoms with Gasteiger partial charge in [0.2, 0.25) is 0 Å². The Morgan fingerprint density at radius 2 is 2.29 bits per heavy atom. The molecule has 2 aliphatic rings. The van der Waals surface area contributed by atoms with E-state index in [1.165, 1.54) is 24.8 Å². The Morgan fingerprint density at radius 1 is 1.36 bits per heavy atom. The van der Waals surface area contributed by atoms with E-state index in [4.69, 9.17) is 11.6 Å². The van der Waals surface area contributed by atoms with Crippen LogP contribution < -0.4 is 5.32 Å². The number of nitrogens with one attached hydrogen (secondary N) is 1. The highest BCUT2D eigenvalue weighted by Gasteiger charge is 2.39. The average Bonchev–Trinajstić information content (AvgIpc) is 2.80. The third-order valence-electron chi connectivity index (χ3n) is 3.48. The first-order chi connectivity index (χ1) is 6.83. The number of nitrogens with zero attached hydrogens (tertiary/aromatic N) is 1. The fourth-order valence-electron chi connectivity index (χ4n) is 2.80. The predicted molar refractivity (Wildman–Crippen MR) is 56.6 cm³/mol. The molecule has 0 aromatic carbocycles. The van der Waals surface area contributed by atoms with Crippen molar-refractivity contribution in [2.45, 2.75) is 37.3 Å². The van der Waals surface area contributed by atoms with E-state index >= 15 is 0 Å². The molecule has 2 bridgehead atoms. The van der Waals surface area contributed by atoms with Gasteiger partial charge < -0.3 is 5.32 Å². The SMILES string of the molecule is Clc1ccc([C@@H]2CC3CC[C@@H]2N3)cn1. The van der Waals surface area contributed by atoms with Gasteiger partial charge in [-0.3, -0.25) is 0 Å². The van der Waals surface area contributed by atoms with Gasteiger partial charge in [0.15, 0.2) is 0 Å². The van der Waals surface area contributed by atoms with E-state index in [1.54, 1.807) is 0 Å². The molecule has 1 unspecified atom stereocenters. The minimum absolute atomic E-state index is 0.588. The van der Waals surface area contributed by atoms with Gasteiger partial charge in [-0.05, 0) is 30.9 Å². The van der Waals surface area contributed by atoms with Crippen LogP contribution in [0.5, 0.6) is 0 Å². The maximum atomic E-state index is 5.77. The van der Waals surface area contributed by atoms with Crippen LogP contribution in [0.25, 0.3) is 0 Å². The molecule has 0 amide bonds. The van der Waals surface area contributed by atoms with Crippen molar-refractivity contribution in [3.63, 3.8) is 0 Å². The van der Waals surface area contributed by atoms with Crippen LogP contribution in [-0.4, -0.2) is 17.1 Å². The normalized spacial score (nSPS) is 35.1. The molecule has 0 aliphatic carbocycles. The molecule has 0 saturated carbocycles. The van der Waals surface area contributed by atoms with Crippen molar-refractivity contribution in [1.82, 2.24) is 10.3 Å². The summed E-state index contributed by atoms with van der Waals surface area (Å²) in [6, 6.07) is 5.44. The average molecular weight is 209 g/mol. The van der Waals surface area contributed by atoms with E-state index in [1.807, 2.05) is 12.3 Å². The van der Waals surface area contributed by atoms with Crippen LogP contribution in [0.3, 0.4) is 0 Å². The smallest absolute Gasteiger partial charge is 0.129 e. The molecule has 3 atom stereocenters. The van der Waals surface area contributed by atoms with E-state index < -0.39 is 0 Å². The topological polar surface area (TPSA) is 24.9 Å². The van der Waals surface area contributed by atoms with E-state index in [0.29, 0.717) is 17.1 Å². The molecular formula is C11H13ClN2. The highest BCUT2D eigenvalue weighted by Crippen LogP contribution is 2.39. The quantitative estimate of drug-likeness (QED) is 0.717. The van der Waals surface area contributed by atoms with Crippen molar-refractivity contribution in [3.05, 3.63) is 29.0 Å². The summed E-state index contributed by atoms with van der Waals surface area (Å²) in [5, 5.41) is 4.22. The van der Waals surface area contributed by atoms with Gasteiger partial charge in [-0.2, -0.15) is 0 Å². The highest BCUT2D eigenvalue weighted by atomic mass is 35.5. The van der Waals surface area contributed by atoms with Crippen molar-refractivity contribution in [2.75, 3.05) is 0 Å². The number of aromatic nitrogens is 1. The molecule has 0 spiro atoms. The lowest BCUT2D eigenvalue weighted by molar-refractivity contribution is 0.505. The van der Waals surface area contributed by atoms with Gasteiger partial charge in [0.1, 0.15) is 5.15 Å². The number of pyridine rings is 1. The van der Waals surface area contributed by atoms with Gasteiger partial charge in [0.25, 0.3) is 0 Å². The monoisotopic (exact) mass is 208 g/mol. The molecule has 2 saturated heterocycles. The third kappa shape index (κ3) is 1.33. The number of halogens is 1. The first-order valence-electron chi connectivity index (χ1n) is 5.20. The lowest BCUT2D eigenvalue weighted by Gasteiger charge is -2.19. The van der Waals surface area contributed by atoms with Crippen LogP contribution in [-0.2, 0) is 0 Å². The largest absolute Gasteiger partial charge is 0.311 e. The van der Waals surface area contributed by atoms with Crippen LogP contribution >= 0.6 is 11.6 Å². The molecule has 0 radical (unpaired) electrons. The zero-order chi connectivity index (χ0) is 9.54. The molecule has 3 rings (SSSR count). The Balaban J connectivity index is 1.86. The van der Waals surface area contributed by atoms with E-state index in [0.717, 1.165) is 6.04 Å². The first kappa shape index (κ1) is 8.69. The molecule has 1 aromatic heterocycles. The van der Waals surface area contributed by atoms with E-state index in [9.17, 15) is 0 Å². The molecule has 1 aromatic rings. The van der Waals surface area contributed by atoms with Crippen molar-refractivity contribution in [2.24, 2.45) is 0 Å². The second-order valence-corrected chi connectivity index (χ2v) is 4.69. The van der Waals surface area contributed by atoms with Gasteiger partial charge in [0, 0.05) is 24.2 Å². The molecule has 2 fully saturated rings. The van der Waals surface area contributed by atoms with E-state index in [2.05, 4.69) is 16.4 Å². The summed E-state index contributed by atoms with van der Waals surface area (Å²) < 4.78 is 0. The van der Waals surface area contributed by atoms with Gasteiger partial charge in [-0.1, -0.05) is 17.7 Å². The lowest BCUT2D eigenvalue weighted by Crippen LogP contribution is -2.21. The van der Waals surface area contributed by atoms with Crippen molar-refractivity contribution < 1.29 is 0 Å². The summed E-state index contributed by atoms with van der Waals surface area (Å²) in [4.78, 5) is 4.14. The molecule has 1 N–H and O–H groups in total. The number of hydrogen-bond donors (Lipinski definition) is 1. The summed E-state index contributed by atoms with van der Waals surface area (Å²) in [7, 11) is 0. The summed E-state index contributed by atoms with van der Waals surface area (Å²) in [6.45, 7) is 0. The number of fused-ring (bicyclic) bond motifs is 2. The van der Waals surface area contributed by atoms with Gasteiger partial charge in [0.05, 0.1) is 0 Å². The predicted octanol–water partition coefficient (Wildman–Crippen LogP) is 2.34.